The van der Waals surface area contributed by atoms with Crippen molar-refractivity contribution in [3.8, 4) is 0 Å². The lowest BCUT2D eigenvalue weighted by Gasteiger charge is -2.26. The van der Waals surface area contributed by atoms with Gasteiger partial charge in [-0.2, -0.15) is 4.31 Å². The van der Waals surface area contributed by atoms with Gasteiger partial charge in [-0.25, -0.2) is 8.42 Å². The van der Waals surface area contributed by atoms with Gasteiger partial charge in [0.05, 0.1) is 23.8 Å². The van der Waals surface area contributed by atoms with Gasteiger partial charge in [-0.1, -0.05) is 0 Å². The molecule has 7 nitrogen and oxygen atoms in total. The first-order chi connectivity index (χ1) is 13.7. The fourth-order valence-electron chi connectivity index (χ4n) is 3.85. The molecular weight excluding hydrogens is 390 g/mol. The molecule has 2 aromatic rings. The fourth-order valence-corrected chi connectivity index (χ4v) is 5.29. The summed E-state index contributed by atoms with van der Waals surface area (Å²) in [7, 11) is 0.0585. The van der Waals surface area contributed by atoms with Crippen LogP contribution in [-0.2, 0) is 26.6 Å². The number of benzene rings is 1. The molecule has 2 aliphatic rings. The average molecular weight is 416 g/mol. The molecule has 1 aromatic heterocycles. The zero-order chi connectivity index (χ0) is 20.9. The van der Waals surface area contributed by atoms with E-state index in [-0.39, 0.29) is 10.8 Å². The number of carbonyl (C=O) groups is 1. The van der Waals surface area contributed by atoms with Crippen molar-refractivity contribution in [1.82, 2.24) is 8.87 Å². The summed E-state index contributed by atoms with van der Waals surface area (Å²) in [6.45, 7) is 5.47. The predicted octanol–water partition coefficient (Wildman–Crippen LogP) is 2.18. The monoisotopic (exact) mass is 415 g/mol. The van der Waals surface area contributed by atoms with Gasteiger partial charge in [0.1, 0.15) is 0 Å². The third-order valence-corrected chi connectivity index (χ3v) is 7.77. The number of nitrogens with zero attached hydrogens (tertiary/aromatic N) is 3. The topological polar surface area (TPSA) is 71.8 Å². The number of hydrogen-bond donors (Lipinski definition) is 0. The molecule has 0 spiro atoms. The second-order valence-corrected chi connectivity index (χ2v) is 9.44. The van der Waals surface area contributed by atoms with Crippen LogP contribution >= 0.6 is 0 Å². The van der Waals surface area contributed by atoms with Crippen LogP contribution in [0, 0.1) is 13.8 Å². The zero-order valence-corrected chi connectivity index (χ0v) is 17.9. The van der Waals surface area contributed by atoms with Crippen molar-refractivity contribution >= 4 is 33.3 Å². The highest BCUT2D eigenvalue weighted by Gasteiger charge is 2.33. The van der Waals surface area contributed by atoms with Crippen molar-refractivity contribution in [2.75, 3.05) is 38.3 Å². The summed E-state index contributed by atoms with van der Waals surface area (Å²) >= 11 is 0. The molecular formula is C21H25N3O4S. The Bertz CT molecular complexity index is 1130. The molecule has 1 aromatic carbocycles. The van der Waals surface area contributed by atoms with E-state index in [0.29, 0.717) is 43.1 Å². The van der Waals surface area contributed by atoms with Gasteiger partial charge in [-0.05, 0) is 49.8 Å². The molecule has 0 atom stereocenters. The highest BCUT2D eigenvalue weighted by Crippen LogP contribution is 2.39. The maximum atomic E-state index is 13.1. The fraction of sp³-hybridized carbons (Fsp3) is 0.381. The number of anilines is 1. The van der Waals surface area contributed by atoms with Crippen LogP contribution in [0.1, 0.15) is 22.5 Å². The van der Waals surface area contributed by atoms with Gasteiger partial charge in [-0.3, -0.25) is 4.79 Å². The summed E-state index contributed by atoms with van der Waals surface area (Å²) in [6.07, 6.45) is 1.86. The van der Waals surface area contributed by atoms with Crippen LogP contribution < -0.4 is 4.90 Å². The van der Waals surface area contributed by atoms with E-state index in [1.54, 1.807) is 30.1 Å². The first kappa shape index (κ1) is 19.9. The Kier molecular flexibility index (Phi) is 4.88. The molecule has 29 heavy (non-hydrogen) atoms. The van der Waals surface area contributed by atoms with Crippen LogP contribution in [0.4, 0.5) is 5.69 Å². The van der Waals surface area contributed by atoms with E-state index in [9.17, 15) is 13.2 Å². The highest BCUT2D eigenvalue weighted by molar-refractivity contribution is 7.89. The second-order valence-electron chi connectivity index (χ2n) is 7.50. The number of fused-ring (bicyclic) bond motifs is 1. The summed E-state index contributed by atoms with van der Waals surface area (Å²) in [4.78, 5) is 14.7. The minimum absolute atomic E-state index is 0.137. The average Bonchev–Trinajstić information content (AvgIpc) is 3.11. The standard InChI is InChI=1S/C21H25N3O4S/c1-14-11-16(15(2)22(14)3)12-19-18-13-17(5-6-20(18)23(4)21(19)25)29(26,27)24-7-9-28-10-8-24/h5-6,11-13H,7-10H2,1-4H3/b19-12-. The number of aryl methyl sites for hydroxylation is 1. The van der Waals surface area contributed by atoms with Crippen LogP contribution in [0.5, 0.6) is 0 Å². The normalized spacial score (nSPS) is 19.2. The lowest BCUT2D eigenvalue weighted by Crippen LogP contribution is -2.40. The van der Waals surface area contributed by atoms with Crippen molar-refractivity contribution in [3.63, 3.8) is 0 Å². The SMILES string of the molecule is Cc1cc(/C=C2\C(=O)N(C)c3ccc(S(=O)(=O)N4CCOCC4)cc32)c(C)n1C. The van der Waals surface area contributed by atoms with E-state index >= 15 is 0 Å². The van der Waals surface area contributed by atoms with Gasteiger partial charge in [0.15, 0.2) is 0 Å². The number of carbonyl (C=O) groups excluding carboxylic acids is 1. The maximum Gasteiger partial charge on any atom is 0.258 e. The number of aromatic nitrogens is 1. The number of amides is 1. The van der Waals surface area contributed by atoms with Crippen molar-refractivity contribution in [1.29, 1.82) is 0 Å². The van der Waals surface area contributed by atoms with Crippen LogP contribution in [-0.4, -0.2) is 56.5 Å². The van der Waals surface area contributed by atoms with E-state index < -0.39 is 10.0 Å². The lowest BCUT2D eigenvalue weighted by molar-refractivity contribution is -0.112. The number of morpholine rings is 1. The number of rotatable bonds is 3. The van der Waals surface area contributed by atoms with Crippen molar-refractivity contribution in [2.24, 2.45) is 7.05 Å². The zero-order valence-electron chi connectivity index (χ0n) is 17.1. The first-order valence-corrected chi connectivity index (χ1v) is 11.0. The van der Waals surface area contributed by atoms with E-state index in [1.165, 1.54) is 4.31 Å². The molecule has 154 valence electrons. The molecule has 1 fully saturated rings. The highest BCUT2D eigenvalue weighted by atomic mass is 32.2. The smallest absolute Gasteiger partial charge is 0.258 e. The molecule has 0 bridgehead atoms. The van der Waals surface area contributed by atoms with E-state index in [0.717, 1.165) is 17.0 Å². The molecule has 0 radical (unpaired) electrons. The molecule has 0 saturated carbocycles. The summed E-state index contributed by atoms with van der Waals surface area (Å²) in [6, 6.07) is 6.94. The van der Waals surface area contributed by atoms with Gasteiger partial charge in [0.25, 0.3) is 5.91 Å². The van der Waals surface area contributed by atoms with Gasteiger partial charge in [0.2, 0.25) is 10.0 Å². The predicted molar refractivity (Wildman–Crippen MR) is 112 cm³/mol. The molecule has 0 unspecified atom stereocenters. The number of hydrogen-bond acceptors (Lipinski definition) is 4. The third-order valence-electron chi connectivity index (χ3n) is 5.88. The molecule has 0 N–H and O–H groups in total. The number of ether oxygens (including phenoxy) is 1. The van der Waals surface area contributed by atoms with E-state index in [4.69, 9.17) is 4.74 Å². The molecule has 3 heterocycles. The van der Waals surface area contributed by atoms with Crippen molar-refractivity contribution < 1.29 is 17.9 Å². The summed E-state index contributed by atoms with van der Waals surface area (Å²) in [5.74, 6) is -0.137. The molecule has 0 aliphatic carbocycles. The second kappa shape index (κ2) is 7.12. The number of sulfonamides is 1. The summed E-state index contributed by atoms with van der Waals surface area (Å²) in [5, 5.41) is 0. The maximum absolute atomic E-state index is 13.1. The Morgan fingerprint density at radius 2 is 1.76 bits per heavy atom. The minimum atomic E-state index is -3.63. The summed E-state index contributed by atoms with van der Waals surface area (Å²) < 4.78 is 34.9. The van der Waals surface area contributed by atoms with E-state index in [1.807, 2.05) is 33.0 Å². The third kappa shape index (κ3) is 3.21. The Morgan fingerprint density at radius 3 is 2.38 bits per heavy atom. The van der Waals surface area contributed by atoms with E-state index in [2.05, 4.69) is 4.57 Å². The minimum Gasteiger partial charge on any atom is -0.379 e. The lowest BCUT2D eigenvalue weighted by atomic mass is 10.0. The van der Waals surface area contributed by atoms with Gasteiger partial charge in [-0.15, -0.1) is 0 Å². The summed E-state index contributed by atoms with van der Waals surface area (Å²) in [5.41, 5.74) is 4.97. The van der Waals surface area contributed by atoms with Crippen LogP contribution in [0.2, 0.25) is 0 Å². The van der Waals surface area contributed by atoms with Crippen LogP contribution in [0.25, 0.3) is 11.6 Å². The van der Waals surface area contributed by atoms with Crippen LogP contribution in [0.3, 0.4) is 0 Å². The molecule has 1 saturated heterocycles. The van der Waals surface area contributed by atoms with Gasteiger partial charge in [0, 0.05) is 49.7 Å². The Labute approximate surface area is 171 Å². The Hall–Kier alpha value is -2.42. The quantitative estimate of drug-likeness (QED) is 0.721. The van der Waals surface area contributed by atoms with Gasteiger partial charge < -0.3 is 14.2 Å². The first-order valence-electron chi connectivity index (χ1n) is 9.57. The van der Waals surface area contributed by atoms with Crippen molar-refractivity contribution in [3.05, 3.63) is 46.8 Å². The molecule has 1 amide bonds. The number of likely N-dealkylation sites (N-methyl/N-ethyl adjacent to an activating group) is 1. The molecule has 4 rings (SSSR count). The van der Waals surface area contributed by atoms with Crippen LogP contribution in [0.15, 0.2) is 29.2 Å². The molecule has 2 aliphatic heterocycles. The van der Waals surface area contributed by atoms with Crippen molar-refractivity contribution in [2.45, 2.75) is 18.7 Å². The Balaban J connectivity index is 1.81. The largest absolute Gasteiger partial charge is 0.379 e. The van der Waals surface area contributed by atoms with Gasteiger partial charge >= 0.3 is 0 Å². The molecule has 8 heteroatoms. The Morgan fingerprint density at radius 1 is 1.07 bits per heavy atom.